The molecule has 3 N–H and O–H groups in total. The van der Waals surface area contributed by atoms with Gasteiger partial charge in [-0.2, -0.15) is 0 Å². The molecule has 5 nitrogen and oxygen atoms in total. The Balaban J connectivity index is 1.76. The van der Waals surface area contributed by atoms with Crippen LogP contribution in [0.2, 0.25) is 0 Å². The number of aliphatic hydroxyl groups excluding tert-OH is 1. The van der Waals surface area contributed by atoms with Gasteiger partial charge in [0.1, 0.15) is 18.5 Å². The summed E-state index contributed by atoms with van der Waals surface area (Å²) in [6.07, 6.45) is 5.74. The molecule has 0 fully saturated rings. The summed E-state index contributed by atoms with van der Waals surface area (Å²) >= 11 is 2.25. The van der Waals surface area contributed by atoms with Crippen molar-refractivity contribution in [3.63, 3.8) is 0 Å². The Hall–Kier alpha value is -1.28. The third-order valence-corrected chi connectivity index (χ3v) is 4.13. The average Bonchev–Trinajstić information content (AvgIpc) is 3.05. The number of rotatable bonds is 7. The minimum absolute atomic E-state index is 0.231. The quantitative estimate of drug-likeness (QED) is 0.270. The molecule has 0 saturated heterocycles. The van der Waals surface area contributed by atoms with Gasteiger partial charge in [0.05, 0.1) is 6.54 Å². The van der Waals surface area contributed by atoms with Crippen molar-refractivity contribution in [3.8, 4) is 5.75 Å². The van der Waals surface area contributed by atoms with Crippen LogP contribution in [0.3, 0.4) is 0 Å². The third kappa shape index (κ3) is 6.78. The molecule has 0 spiro atoms. The molecule has 6 heteroatoms. The van der Waals surface area contributed by atoms with Crippen LogP contribution in [0.15, 0.2) is 41.4 Å². The molecule has 1 aromatic carbocycles. The number of nitrogens with one attached hydrogen (secondary N) is 2. The van der Waals surface area contributed by atoms with E-state index in [1.54, 1.807) is 0 Å². The molecular weight excluding hydrogens is 405 g/mol. The molecule has 2 rings (SSSR count). The minimum atomic E-state index is -0.633. The van der Waals surface area contributed by atoms with Gasteiger partial charge in [-0.05, 0) is 66.6 Å². The summed E-state index contributed by atoms with van der Waals surface area (Å²) in [6, 6.07) is 8.15. The fraction of sp³-hybridized carbons (Fsp3) is 0.471. The lowest BCUT2D eigenvalue weighted by atomic mass is 10.2. The van der Waals surface area contributed by atoms with Crippen molar-refractivity contribution in [2.75, 3.05) is 19.7 Å². The molecule has 1 unspecified atom stereocenters. The maximum Gasteiger partial charge on any atom is 0.191 e. The normalized spacial score (nSPS) is 16.4. The largest absolute Gasteiger partial charge is 0.491 e. The minimum Gasteiger partial charge on any atom is -0.491 e. The first-order valence-electron chi connectivity index (χ1n) is 7.93. The van der Waals surface area contributed by atoms with E-state index in [1.165, 1.54) is 0 Å². The van der Waals surface area contributed by atoms with Crippen molar-refractivity contribution in [2.45, 2.75) is 31.9 Å². The summed E-state index contributed by atoms with van der Waals surface area (Å²) in [5.74, 6) is 1.50. The lowest BCUT2D eigenvalue weighted by molar-refractivity contribution is 0.114. The molecule has 0 saturated carbocycles. The summed E-state index contributed by atoms with van der Waals surface area (Å²) in [5, 5.41) is 16.6. The van der Waals surface area contributed by atoms with E-state index in [-0.39, 0.29) is 6.61 Å². The van der Waals surface area contributed by atoms with Crippen molar-refractivity contribution >= 4 is 28.6 Å². The molecule has 23 heavy (non-hydrogen) atoms. The number of hydrogen-bond acceptors (Lipinski definition) is 3. The first kappa shape index (κ1) is 18.1. The van der Waals surface area contributed by atoms with Crippen LogP contribution in [0.1, 0.15) is 19.8 Å². The van der Waals surface area contributed by atoms with Crippen LogP contribution in [-0.2, 0) is 0 Å². The molecule has 0 aromatic heterocycles. The van der Waals surface area contributed by atoms with Gasteiger partial charge in [-0.3, -0.25) is 4.99 Å². The zero-order valence-corrected chi connectivity index (χ0v) is 15.5. The Morgan fingerprint density at radius 3 is 2.70 bits per heavy atom. The number of nitrogens with zero attached hydrogens (tertiary/aromatic N) is 1. The van der Waals surface area contributed by atoms with E-state index < -0.39 is 6.10 Å². The van der Waals surface area contributed by atoms with Crippen molar-refractivity contribution in [1.82, 2.24) is 10.6 Å². The van der Waals surface area contributed by atoms with Gasteiger partial charge in [-0.1, -0.05) is 12.2 Å². The molecule has 1 aliphatic rings. The maximum absolute atomic E-state index is 10.0. The fourth-order valence-corrected chi connectivity index (χ4v) is 2.58. The maximum atomic E-state index is 10.0. The second-order valence-electron chi connectivity index (χ2n) is 5.42. The Morgan fingerprint density at radius 2 is 2.04 bits per heavy atom. The zero-order chi connectivity index (χ0) is 16.5. The highest BCUT2D eigenvalue weighted by molar-refractivity contribution is 14.1. The third-order valence-electron chi connectivity index (χ3n) is 3.41. The van der Waals surface area contributed by atoms with Gasteiger partial charge in [0.2, 0.25) is 0 Å². The van der Waals surface area contributed by atoms with E-state index in [4.69, 9.17) is 4.74 Å². The number of guanidine groups is 1. The van der Waals surface area contributed by atoms with Gasteiger partial charge in [0.15, 0.2) is 5.96 Å². The van der Waals surface area contributed by atoms with Gasteiger partial charge in [0, 0.05) is 16.2 Å². The second-order valence-corrected chi connectivity index (χ2v) is 6.67. The summed E-state index contributed by atoms with van der Waals surface area (Å²) < 4.78 is 6.73. The molecule has 0 heterocycles. The Kier molecular flexibility index (Phi) is 7.67. The Bertz CT molecular complexity index is 523. The molecule has 1 aliphatic carbocycles. The zero-order valence-electron chi connectivity index (χ0n) is 13.3. The molecule has 1 atom stereocenters. The van der Waals surface area contributed by atoms with Gasteiger partial charge in [-0.25, -0.2) is 0 Å². The highest BCUT2D eigenvalue weighted by Gasteiger charge is 2.12. The topological polar surface area (TPSA) is 65.9 Å². The number of hydrogen-bond donors (Lipinski definition) is 3. The summed E-state index contributed by atoms with van der Waals surface area (Å²) in [4.78, 5) is 4.44. The van der Waals surface area contributed by atoms with Crippen LogP contribution in [-0.4, -0.2) is 42.9 Å². The molecular formula is C17H24IN3O2. The van der Waals surface area contributed by atoms with E-state index in [2.05, 4.69) is 50.4 Å². The molecule has 126 valence electrons. The number of aliphatic hydroxyl groups is 1. The summed E-state index contributed by atoms with van der Waals surface area (Å²) in [5.41, 5.74) is 0. The second kappa shape index (κ2) is 9.77. The summed E-state index contributed by atoms with van der Waals surface area (Å²) in [6.45, 7) is 3.36. The highest BCUT2D eigenvalue weighted by Crippen LogP contribution is 2.13. The van der Waals surface area contributed by atoms with E-state index in [0.29, 0.717) is 12.6 Å². The lowest BCUT2D eigenvalue weighted by Gasteiger charge is -2.17. The Labute approximate surface area is 151 Å². The number of halogens is 1. The molecule has 0 aliphatic heterocycles. The van der Waals surface area contributed by atoms with Crippen molar-refractivity contribution in [2.24, 2.45) is 4.99 Å². The van der Waals surface area contributed by atoms with E-state index in [1.807, 2.05) is 31.2 Å². The van der Waals surface area contributed by atoms with E-state index in [9.17, 15) is 5.11 Å². The van der Waals surface area contributed by atoms with Gasteiger partial charge in [0.25, 0.3) is 0 Å². The number of ether oxygens (including phenoxy) is 1. The van der Waals surface area contributed by atoms with Crippen LogP contribution < -0.4 is 15.4 Å². The monoisotopic (exact) mass is 429 g/mol. The number of benzene rings is 1. The van der Waals surface area contributed by atoms with E-state index in [0.717, 1.165) is 34.7 Å². The molecule has 0 bridgehead atoms. The van der Waals surface area contributed by atoms with Crippen molar-refractivity contribution < 1.29 is 9.84 Å². The van der Waals surface area contributed by atoms with Crippen LogP contribution in [0.5, 0.6) is 5.75 Å². The number of aliphatic imine (C=N–C) groups is 1. The smallest absolute Gasteiger partial charge is 0.191 e. The predicted molar refractivity (Wildman–Crippen MR) is 102 cm³/mol. The van der Waals surface area contributed by atoms with Crippen LogP contribution in [0.25, 0.3) is 0 Å². The highest BCUT2D eigenvalue weighted by atomic mass is 127. The van der Waals surface area contributed by atoms with Crippen LogP contribution >= 0.6 is 22.6 Å². The lowest BCUT2D eigenvalue weighted by Crippen LogP contribution is -2.43. The first-order chi connectivity index (χ1) is 11.2. The van der Waals surface area contributed by atoms with Crippen molar-refractivity contribution in [1.29, 1.82) is 0 Å². The van der Waals surface area contributed by atoms with Gasteiger partial charge in [-0.15, -0.1) is 0 Å². The fourth-order valence-electron chi connectivity index (χ4n) is 2.22. The first-order valence-corrected chi connectivity index (χ1v) is 9.01. The van der Waals surface area contributed by atoms with E-state index >= 15 is 0 Å². The summed E-state index contributed by atoms with van der Waals surface area (Å²) in [7, 11) is 0. The molecule has 0 radical (unpaired) electrons. The van der Waals surface area contributed by atoms with Gasteiger partial charge < -0.3 is 20.5 Å². The SMILES string of the molecule is CCNC(=NCC(O)COc1ccc(I)cc1)NC1CC=CC1. The average molecular weight is 429 g/mol. The standard InChI is InChI=1S/C17H24IN3O2/c1-2-19-17(21-14-5-3-4-6-14)20-11-15(22)12-23-16-9-7-13(18)8-10-16/h3-4,7-10,14-15,22H,2,5-6,11-12H2,1H3,(H2,19,20,21). The van der Waals surface area contributed by atoms with Gasteiger partial charge >= 0.3 is 0 Å². The molecule has 1 aromatic rings. The van der Waals surface area contributed by atoms with Crippen LogP contribution in [0.4, 0.5) is 0 Å². The molecule has 0 amide bonds. The Morgan fingerprint density at radius 1 is 1.35 bits per heavy atom. The van der Waals surface area contributed by atoms with Crippen LogP contribution in [0, 0.1) is 3.57 Å². The van der Waals surface area contributed by atoms with Crippen molar-refractivity contribution in [3.05, 3.63) is 40.0 Å². The predicted octanol–water partition coefficient (Wildman–Crippen LogP) is 2.30.